The number of rotatable bonds is 6. The molecule has 31 heavy (non-hydrogen) atoms. The molecule has 2 heterocycles. The number of benzene rings is 3. The quantitative estimate of drug-likeness (QED) is 0.335. The van der Waals surface area contributed by atoms with Crippen LogP contribution in [0.4, 0.5) is 0 Å². The number of ether oxygens (including phenoxy) is 1. The lowest BCUT2D eigenvalue weighted by Crippen LogP contribution is -1.93. The van der Waals surface area contributed by atoms with Crippen molar-refractivity contribution < 1.29 is 9.15 Å². The molecule has 0 spiro atoms. The summed E-state index contributed by atoms with van der Waals surface area (Å²) in [5.74, 6) is 3.09. The fourth-order valence-corrected chi connectivity index (χ4v) is 3.39. The molecule has 0 amide bonds. The summed E-state index contributed by atoms with van der Waals surface area (Å²) in [6, 6.07) is 27.8. The summed E-state index contributed by atoms with van der Waals surface area (Å²) in [5.41, 5.74) is 4.02. The fourth-order valence-electron chi connectivity index (χ4n) is 3.39. The molecule has 3 aromatic carbocycles. The Kier molecular flexibility index (Phi) is 5.07. The van der Waals surface area contributed by atoms with E-state index in [4.69, 9.17) is 14.1 Å². The van der Waals surface area contributed by atoms with Gasteiger partial charge in [0.25, 0.3) is 0 Å². The maximum absolute atomic E-state index is 5.95. The number of hydrogen-bond acceptors (Lipinski definition) is 4. The minimum absolute atomic E-state index is 0.628. The van der Waals surface area contributed by atoms with Crippen molar-refractivity contribution in [1.82, 2.24) is 14.8 Å². The third kappa shape index (κ3) is 4.26. The van der Waals surface area contributed by atoms with Gasteiger partial charge >= 0.3 is 0 Å². The van der Waals surface area contributed by atoms with Gasteiger partial charge in [-0.1, -0.05) is 30.3 Å². The zero-order valence-electron chi connectivity index (χ0n) is 17.1. The molecule has 5 heteroatoms. The molecule has 0 radical (unpaired) electrons. The average Bonchev–Trinajstić information content (AvgIpc) is 3.47. The standard InChI is InChI=1S/C26H21N3O2/c1-19-25(18-20-8-14-24(15-9-20)31-23-6-3-2-4-7-23)28-26(30-19)21-10-12-22(13-11-21)29-17-5-16-27-29/h2-17H,18H2,1H3. The largest absolute Gasteiger partial charge is 0.457 e. The van der Waals surface area contributed by atoms with Crippen molar-refractivity contribution in [3.8, 4) is 28.6 Å². The minimum atomic E-state index is 0.628. The highest BCUT2D eigenvalue weighted by Gasteiger charge is 2.12. The second-order valence-electron chi connectivity index (χ2n) is 7.26. The van der Waals surface area contributed by atoms with Gasteiger partial charge in [0.15, 0.2) is 0 Å². The summed E-state index contributed by atoms with van der Waals surface area (Å²) in [4.78, 5) is 4.74. The molecular weight excluding hydrogens is 386 g/mol. The molecule has 2 aromatic heterocycles. The Balaban J connectivity index is 1.29. The van der Waals surface area contributed by atoms with Crippen LogP contribution in [0.5, 0.6) is 11.5 Å². The molecule has 0 atom stereocenters. The van der Waals surface area contributed by atoms with Crippen LogP contribution in [0.3, 0.4) is 0 Å². The van der Waals surface area contributed by atoms with E-state index in [1.54, 1.807) is 6.20 Å². The maximum Gasteiger partial charge on any atom is 0.226 e. The lowest BCUT2D eigenvalue weighted by atomic mass is 10.1. The van der Waals surface area contributed by atoms with Crippen molar-refractivity contribution in [2.75, 3.05) is 0 Å². The van der Waals surface area contributed by atoms with Crippen molar-refractivity contribution in [2.45, 2.75) is 13.3 Å². The zero-order valence-corrected chi connectivity index (χ0v) is 17.1. The van der Waals surface area contributed by atoms with Crippen LogP contribution in [-0.4, -0.2) is 14.8 Å². The number of aromatic nitrogens is 3. The Morgan fingerprint density at radius 3 is 2.29 bits per heavy atom. The van der Waals surface area contributed by atoms with Crippen LogP contribution in [0.2, 0.25) is 0 Å². The second-order valence-corrected chi connectivity index (χ2v) is 7.26. The topological polar surface area (TPSA) is 53.1 Å². The smallest absolute Gasteiger partial charge is 0.226 e. The third-order valence-electron chi connectivity index (χ3n) is 5.05. The fraction of sp³-hybridized carbons (Fsp3) is 0.0769. The van der Waals surface area contributed by atoms with Crippen molar-refractivity contribution in [3.63, 3.8) is 0 Å². The van der Waals surface area contributed by atoms with Crippen LogP contribution >= 0.6 is 0 Å². The second kappa shape index (κ2) is 8.32. The first-order chi connectivity index (χ1) is 15.2. The van der Waals surface area contributed by atoms with Crippen LogP contribution in [0.25, 0.3) is 17.1 Å². The van der Waals surface area contributed by atoms with Crippen molar-refractivity contribution in [3.05, 3.63) is 114 Å². The van der Waals surface area contributed by atoms with E-state index in [-0.39, 0.29) is 0 Å². The van der Waals surface area contributed by atoms with E-state index in [0.717, 1.165) is 39.8 Å². The Morgan fingerprint density at radius 1 is 0.839 bits per heavy atom. The Bertz CT molecular complexity index is 1260. The van der Waals surface area contributed by atoms with Crippen LogP contribution in [-0.2, 0) is 6.42 Å². The highest BCUT2D eigenvalue weighted by atomic mass is 16.5. The van der Waals surface area contributed by atoms with E-state index in [0.29, 0.717) is 12.3 Å². The van der Waals surface area contributed by atoms with E-state index in [2.05, 4.69) is 17.2 Å². The first-order valence-electron chi connectivity index (χ1n) is 10.1. The monoisotopic (exact) mass is 407 g/mol. The zero-order chi connectivity index (χ0) is 21.0. The van der Waals surface area contributed by atoms with Crippen LogP contribution in [0.1, 0.15) is 17.0 Å². The van der Waals surface area contributed by atoms with E-state index < -0.39 is 0 Å². The summed E-state index contributed by atoms with van der Waals surface area (Å²) < 4.78 is 13.6. The van der Waals surface area contributed by atoms with Gasteiger partial charge < -0.3 is 9.15 Å². The van der Waals surface area contributed by atoms with Gasteiger partial charge in [0, 0.05) is 24.4 Å². The summed E-state index contributed by atoms with van der Waals surface area (Å²) in [7, 11) is 0. The molecule has 0 aliphatic rings. The molecule has 0 fully saturated rings. The highest BCUT2D eigenvalue weighted by molar-refractivity contribution is 5.56. The molecule has 0 saturated carbocycles. The van der Waals surface area contributed by atoms with E-state index in [9.17, 15) is 0 Å². The molecule has 0 aliphatic carbocycles. The predicted molar refractivity (Wildman–Crippen MR) is 120 cm³/mol. The van der Waals surface area contributed by atoms with E-state index >= 15 is 0 Å². The average molecular weight is 407 g/mol. The Labute approximate surface area is 180 Å². The number of nitrogens with zero attached hydrogens (tertiary/aromatic N) is 3. The molecule has 5 rings (SSSR count). The van der Waals surface area contributed by atoms with Gasteiger partial charge in [0.2, 0.25) is 5.89 Å². The van der Waals surface area contributed by atoms with Gasteiger partial charge in [-0.15, -0.1) is 0 Å². The van der Waals surface area contributed by atoms with Crippen LogP contribution in [0, 0.1) is 6.92 Å². The molecule has 152 valence electrons. The molecule has 5 nitrogen and oxygen atoms in total. The molecule has 0 bridgehead atoms. The Morgan fingerprint density at radius 2 is 1.58 bits per heavy atom. The summed E-state index contributed by atoms with van der Waals surface area (Å²) in [6.07, 6.45) is 4.38. The summed E-state index contributed by atoms with van der Waals surface area (Å²) in [6.45, 7) is 1.96. The van der Waals surface area contributed by atoms with E-state index in [1.807, 2.05) is 90.6 Å². The normalized spacial score (nSPS) is 10.9. The lowest BCUT2D eigenvalue weighted by molar-refractivity contribution is 0.482. The maximum atomic E-state index is 5.95. The van der Waals surface area contributed by atoms with Crippen molar-refractivity contribution in [1.29, 1.82) is 0 Å². The van der Waals surface area contributed by atoms with Crippen LogP contribution in [0.15, 0.2) is 102 Å². The number of para-hydroxylation sites is 1. The summed E-state index contributed by atoms with van der Waals surface area (Å²) in [5, 5.41) is 4.25. The first-order valence-corrected chi connectivity index (χ1v) is 10.1. The number of aryl methyl sites for hydroxylation is 1. The van der Waals surface area contributed by atoms with Gasteiger partial charge in [-0.25, -0.2) is 9.67 Å². The van der Waals surface area contributed by atoms with Gasteiger partial charge in [-0.05, 0) is 67.1 Å². The summed E-state index contributed by atoms with van der Waals surface area (Å²) >= 11 is 0. The highest BCUT2D eigenvalue weighted by Crippen LogP contribution is 2.26. The predicted octanol–water partition coefficient (Wildman–Crippen LogP) is 6.22. The van der Waals surface area contributed by atoms with Gasteiger partial charge in [0.1, 0.15) is 17.3 Å². The third-order valence-corrected chi connectivity index (χ3v) is 5.05. The van der Waals surface area contributed by atoms with Crippen LogP contribution < -0.4 is 4.74 Å². The molecular formula is C26H21N3O2. The van der Waals surface area contributed by atoms with E-state index in [1.165, 1.54) is 0 Å². The molecule has 0 aliphatic heterocycles. The number of oxazole rings is 1. The lowest BCUT2D eigenvalue weighted by Gasteiger charge is -2.06. The molecule has 0 N–H and O–H groups in total. The Hall–Kier alpha value is -4.12. The SMILES string of the molecule is Cc1oc(-c2ccc(-n3cccn3)cc2)nc1Cc1ccc(Oc2ccccc2)cc1. The number of hydrogen-bond donors (Lipinski definition) is 0. The molecule has 0 saturated heterocycles. The van der Waals surface area contributed by atoms with Crippen molar-refractivity contribution >= 4 is 0 Å². The molecule has 0 unspecified atom stereocenters. The van der Waals surface area contributed by atoms with Gasteiger partial charge in [-0.2, -0.15) is 5.10 Å². The molecule has 5 aromatic rings. The van der Waals surface area contributed by atoms with Gasteiger partial charge in [-0.3, -0.25) is 0 Å². The van der Waals surface area contributed by atoms with Gasteiger partial charge in [0.05, 0.1) is 11.4 Å². The minimum Gasteiger partial charge on any atom is -0.457 e. The first kappa shape index (κ1) is 18.9. The van der Waals surface area contributed by atoms with Crippen molar-refractivity contribution in [2.24, 2.45) is 0 Å².